The van der Waals surface area contributed by atoms with Crippen molar-refractivity contribution in [2.75, 3.05) is 13.1 Å². The quantitative estimate of drug-likeness (QED) is 0.720. The average molecular weight is 378 g/mol. The SMILES string of the molecule is O=c1ccn(-c2cc(C(F)(F)F)cc3c2ccn3C2CCNCC2)c(=O)[nH]1. The van der Waals surface area contributed by atoms with Gasteiger partial charge in [-0.3, -0.25) is 14.3 Å². The van der Waals surface area contributed by atoms with Crippen LogP contribution < -0.4 is 16.6 Å². The maximum atomic E-state index is 13.5. The van der Waals surface area contributed by atoms with Crippen molar-refractivity contribution in [1.29, 1.82) is 0 Å². The summed E-state index contributed by atoms with van der Waals surface area (Å²) in [6.07, 6.45) is 0.0267. The van der Waals surface area contributed by atoms with Gasteiger partial charge >= 0.3 is 11.9 Å². The fraction of sp³-hybridized carbons (Fsp3) is 0.333. The molecule has 0 bridgehead atoms. The summed E-state index contributed by atoms with van der Waals surface area (Å²) in [7, 11) is 0. The normalized spacial score (nSPS) is 16.1. The highest BCUT2D eigenvalue weighted by Crippen LogP contribution is 2.36. The van der Waals surface area contributed by atoms with E-state index in [0.29, 0.717) is 10.9 Å². The van der Waals surface area contributed by atoms with Gasteiger partial charge in [0.05, 0.1) is 16.8 Å². The molecule has 0 spiro atoms. The molecule has 1 saturated heterocycles. The van der Waals surface area contributed by atoms with Crippen LogP contribution in [-0.4, -0.2) is 27.2 Å². The number of nitrogens with zero attached hydrogens (tertiary/aromatic N) is 2. The number of alkyl halides is 3. The minimum absolute atomic E-state index is 0.0902. The molecule has 0 radical (unpaired) electrons. The zero-order valence-corrected chi connectivity index (χ0v) is 14.2. The molecule has 0 atom stereocenters. The third-order valence-corrected chi connectivity index (χ3v) is 4.93. The Kier molecular flexibility index (Phi) is 4.18. The van der Waals surface area contributed by atoms with E-state index in [9.17, 15) is 22.8 Å². The van der Waals surface area contributed by atoms with Crippen LogP contribution in [0.15, 0.2) is 46.2 Å². The number of hydrogen-bond donors (Lipinski definition) is 2. The topological polar surface area (TPSA) is 71.8 Å². The number of fused-ring (bicyclic) bond motifs is 1. The second-order valence-electron chi connectivity index (χ2n) is 6.61. The van der Waals surface area contributed by atoms with Gasteiger partial charge in [-0.25, -0.2) is 4.79 Å². The first-order valence-electron chi connectivity index (χ1n) is 8.59. The lowest BCUT2D eigenvalue weighted by Crippen LogP contribution is -2.29. The Morgan fingerprint density at radius 1 is 1.04 bits per heavy atom. The van der Waals surface area contributed by atoms with Gasteiger partial charge in [0, 0.05) is 29.9 Å². The Hall–Kier alpha value is -2.81. The predicted octanol–water partition coefficient (Wildman–Crippen LogP) is 2.42. The molecule has 2 aromatic heterocycles. The molecule has 3 aromatic rings. The summed E-state index contributed by atoms with van der Waals surface area (Å²) in [6.45, 7) is 1.60. The van der Waals surface area contributed by atoms with E-state index in [1.165, 1.54) is 6.20 Å². The molecule has 0 saturated carbocycles. The van der Waals surface area contributed by atoms with Crippen LogP contribution in [0, 0.1) is 0 Å². The van der Waals surface area contributed by atoms with Crippen molar-refractivity contribution < 1.29 is 13.2 Å². The Morgan fingerprint density at radius 3 is 2.44 bits per heavy atom. The van der Waals surface area contributed by atoms with Gasteiger partial charge in [0.1, 0.15) is 0 Å². The van der Waals surface area contributed by atoms with Gasteiger partial charge in [0.25, 0.3) is 5.56 Å². The number of aromatic nitrogens is 3. The molecule has 0 aliphatic carbocycles. The number of aromatic amines is 1. The third-order valence-electron chi connectivity index (χ3n) is 4.93. The van der Waals surface area contributed by atoms with Gasteiger partial charge in [-0.2, -0.15) is 13.2 Å². The molecule has 1 aliphatic rings. The maximum Gasteiger partial charge on any atom is 0.416 e. The highest BCUT2D eigenvalue weighted by atomic mass is 19.4. The van der Waals surface area contributed by atoms with Crippen molar-refractivity contribution in [3.05, 3.63) is 63.1 Å². The average Bonchev–Trinajstić information content (AvgIpc) is 3.05. The van der Waals surface area contributed by atoms with Gasteiger partial charge in [0.15, 0.2) is 0 Å². The largest absolute Gasteiger partial charge is 0.416 e. The van der Waals surface area contributed by atoms with Crippen LogP contribution in [-0.2, 0) is 6.18 Å². The van der Waals surface area contributed by atoms with Gasteiger partial charge in [-0.05, 0) is 44.1 Å². The molecule has 142 valence electrons. The molecule has 3 heterocycles. The first-order valence-corrected chi connectivity index (χ1v) is 8.59. The first-order chi connectivity index (χ1) is 12.8. The number of benzene rings is 1. The maximum absolute atomic E-state index is 13.5. The van der Waals surface area contributed by atoms with E-state index in [4.69, 9.17) is 0 Å². The van der Waals surface area contributed by atoms with Gasteiger partial charge in [-0.1, -0.05) is 0 Å². The second-order valence-corrected chi connectivity index (χ2v) is 6.61. The molecule has 6 nitrogen and oxygen atoms in total. The van der Waals surface area contributed by atoms with Crippen molar-refractivity contribution in [2.24, 2.45) is 0 Å². The number of hydrogen-bond acceptors (Lipinski definition) is 3. The second kappa shape index (κ2) is 6.41. The first kappa shape index (κ1) is 17.6. The molecular weight excluding hydrogens is 361 g/mol. The minimum atomic E-state index is -4.56. The monoisotopic (exact) mass is 378 g/mol. The fourth-order valence-electron chi connectivity index (χ4n) is 3.62. The highest BCUT2D eigenvalue weighted by Gasteiger charge is 2.32. The fourth-order valence-corrected chi connectivity index (χ4v) is 3.62. The van der Waals surface area contributed by atoms with E-state index in [1.54, 1.807) is 12.3 Å². The smallest absolute Gasteiger partial charge is 0.344 e. The van der Waals surface area contributed by atoms with Crippen molar-refractivity contribution in [1.82, 2.24) is 19.4 Å². The molecule has 27 heavy (non-hydrogen) atoms. The number of H-pyrrole nitrogens is 1. The lowest BCUT2D eigenvalue weighted by atomic mass is 10.1. The molecular formula is C18H17F3N4O2. The van der Waals surface area contributed by atoms with Gasteiger partial charge < -0.3 is 9.88 Å². The third kappa shape index (κ3) is 3.18. The summed E-state index contributed by atoms with van der Waals surface area (Å²) in [5, 5.41) is 3.76. The van der Waals surface area contributed by atoms with Crippen LogP contribution in [0.2, 0.25) is 0 Å². The summed E-state index contributed by atoms with van der Waals surface area (Å²) in [4.78, 5) is 25.6. The lowest BCUT2D eigenvalue weighted by molar-refractivity contribution is -0.137. The Bertz CT molecular complexity index is 1100. The molecule has 1 aliphatic heterocycles. The Morgan fingerprint density at radius 2 is 1.78 bits per heavy atom. The van der Waals surface area contributed by atoms with E-state index in [2.05, 4.69) is 10.3 Å². The lowest BCUT2D eigenvalue weighted by Gasteiger charge is -2.25. The predicted molar refractivity (Wildman–Crippen MR) is 94.3 cm³/mol. The summed E-state index contributed by atoms with van der Waals surface area (Å²) in [5.41, 5.74) is -1.71. The zero-order valence-electron chi connectivity index (χ0n) is 14.2. The molecule has 0 unspecified atom stereocenters. The van der Waals surface area contributed by atoms with Crippen LogP contribution in [0.5, 0.6) is 0 Å². The minimum Gasteiger partial charge on any atom is -0.344 e. The summed E-state index contributed by atoms with van der Waals surface area (Å²) in [5.74, 6) is 0. The van der Waals surface area contributed by atoms with Crippen LogP contribution in [0.3, 0.4) is 0 Å². The van der Waals surface area contributed by atoms with Crippen LogP contribution in [0.25, 0.3) is 16.6 Å². The van der Waals surface area contributed by atoms with Crippen molar-refractivity contribution >= 4 is 10.9 Å². The van der Waals surface area contributed by atoms with Crippen LogP contribution in [0.1, 0.15) is 24.4 Å². The molecule has 2 N–H and O–H groups in total. The number of nitrogens with one attached hydrogen (secondary N) is 2. The van der Waals surface area contributed by atoms with Gasteiger partial charge in [0.2, 0.25) is 0 Å². The van der Waals surface area contributed by atoms with Crippen molar-refractivity contribution in [2.45, 2.75) is 25.1 Å². The summed E-state index contributed by atoms with van der Waals surface area (Å²) in [6, 6.07) is 4.97. The molecule has 1 aromatic carbocycles. The summed E-state index contributed by atoms with van der Waals surface area (Å²) < 4.78 is 43.4. The summed E-state index contributed by atoms with van der Waals surface area (Å²) >= 11 is 0. The molecule has 1 fully saturated rings. The van der Waals surface area contributed by atoms with E-state index < -0.39 is 23.0 Å². The molecule has 4 rings (SSSR count). The number of halogens is 3. The molecule has 0 amide bonds. The molecule has 9 heteroatoms. The van der Waals surface area contributed by atoms with E-state index in [0.717, 1.165) is 48.7 Å². The van der Waals surface area contributed by atoms with E-state index in [-0.39, 0.29) is 11.7 Å². The standard InChI is InChI=1S/C18H17F3N4O2/c19-18(20,21)11-9-14-13(3-7-24(14)12-1-5-22-6-2-12)15(10-11)25-8-4-16(26)23-17(25)27/h3-4,7-10,12,22H,1-2,5-6H2,(H,23,26,27). The van der Waals surface area contributed by atoms with E-state index in [1.807, 2.05) is 4.57 Å². The van der Waals surface area contributed by atoms with Crippen molar-refractivity contribution in [3.8, 4) is 5.69 Å². The Labute approximate surface area is 151 Å². The number of rotatable bonds is 2. The highest BCUT2D eigenvalue weighted by molar-refractivity contribution is 5.89. The zero-order chi connectivity index (χ0) is 19.2. The van der Waals surface area contributed by atoms with E-state index >= 15 is 0 Å². The van der Waals surface area contributed by atoms with Crippen molar-refractivity contribution in [3.63, 3.8) is 0 Å². The van der Waals surface area contributed by atoms with Crippen LogP contribution >= 0.6 is 0 Å². The number of piperidine rings is 1. The van der Waals surface area contributed by atoms with Gasteiger partial charge in [-0.15, -0.1) is 0 Å². The van der Waals surface area contributed by atoms with Crippen LogP contribution in [0.4, 0.5) is 13.2 Å². The Balaban J connectivity index is 1.99.